The van der Waals surface area contributed by atoms with Crippen LogP contribution in [0.3, 0.4) is 0 Å². The molecule has 1 saturated heterocycles. The molecule has 1 saturated carbocycles. The third-order valence-corrected chi connectivity index (χ3v) is 12.5. The van der Waals surface area contributed by atoms with Crippen molar-refractivity contribution in [2.24, 2.45) is 0 Å². The molecule has 0 amide bonds. The predicted octanol–water partition coefficient (Wildman–Crippen LogP) is 5.39. The van der Waals surface area contributed by atoms with E-state index in [1.54, 1.807) is 43.3 Å². The molecule has 0 radical (unpaired) electrons. The Kier molecular flexibility index (Phi) is 13.4. The van der Waals surface area contributed by atoms with E-state index < -0.39 is 64.8 Å². The van der Waals surface area contributed by atoms with E-state index in [0.29, 0.717) is 11.0 Å². The maximum absolute atomic E-state index is 14.6. The minimum atomic E-state index is -4.49. The third-order valence-electron chi connectivity index (χ3n) is 10.0. The zero-order valence-corrected chi connectivity index (χ0v) is 33.7. The second kappa shape index (κ2) is 17.9. The fraction of sp³-hybridized carbons (Fsp3) is 0.447. The van der Waals surface area contributed by atoms with Gasteiger partial charge in [0.05, 0.1) is 18.9 Å². The van der Waals surface area contributed by atoms with Gasteiger partial charge in [-0.2, -0.15) is 10.2 Å². The highest BCUT2D eigenvalue weighted by atomic mass is 31.2. The molecule has 0 bridgehead atoms. The summed E-state index contributed by atoms with van der Waals surface area (Å²) in [6.07, 6.45) is 4.20. The maximum atomic E-state index is 14.6. The normalized spacial score (nSPS) is 24.5. The van der Waals surface area contributed by atoms with Gasteiger partial charge in [0.1, 0.15) is 60.4 Å². The van der Waals surface area contributed by atoms with Gasteiger partial charge in [-0.05, 0) is 75.6 Å². The molecule has 2 aromatic heterocycles. The van der Waals surface area contributed by atoms with E-state index in [-0.39, 0.29) is 35.2 Å². The molecule has 6 rings (SSSR count). The molecular formula is C38H49N5O12P2. The Bertz CT molecular complexity index is 2270. The van der Waals surface area contributed by atoms with E-state index in [1.807, 2.05) is 18.2 Å². The van der Waals surface area contributed by atoms with Gasteiger partial charge in [-0.1, -0.05) is 61.5 Å². The smallest absolute Gasteiger partial charge is 0.461 e. The number of aliphatic hydroxyl groups is 2. The summed E-state index contributed by atoms with van der Waals surface area (Å²) in [7, 11) is -8.92. The van der Waals surface area contributed by atoms with Crippen molar-refractivity contribution in [3.8, 4) is 5.75 Å². The summed E-state index contributed by atoms with van der Waals surface area (Å²) >= 11 is 0. The highest BCUT2D eigenvalue weighted by Gasteiger charge is 2.54. The number of ether oxygens (including phenoxy) is 2. The van der Waals surface area contributed by atoms with Gasteiger partial charge in [-0.3, -0.25) is 28.3 Å². The summed E-state index contributed by atoms with van der Waals surface area (Å²) in [5, 5.41) is 39.9. The average molecular weight is 830 g/mol. The number of carbonyl (C=O) groups excluding carboxylic acids is 1. The number of phosphoric acid groups is 1. The monoisotopic (exact) mass is 829 g/mol. The van der Waals surface area contributed by atoms with E-state index >= 15 is 0 Å². The van der Waals surface area contributed by atoms with Gasteiger partial charge in [0, 0.05) is 5.39 Å². The largest absolute Gasteiger partial charge is 0.474 e. The summed E-state index contributed by atoms with van der Waals surface area (Å²) < 4.78 is 63.5. The Hall–Kier alpha value is -3.99. The van der Waals surface area contributed by atoms with Crippen molar-refractivity contribution in [2.75, 3.05) is 13.2 Å². The first-order chi connectivity index (χ1) is 27.1. The molecular weight excluding hydrogens is 780 g/mol. The molecule has 7 atom stereocenters. The molecule has 1 aliphatic heterocycles. The van der Waals surface area contributed by atoms with Crippen LogP contribution < -0.4 is 15.1 Å². The van der Waals surface area contributed by atoms with Crippen molar-refractivity contribution < 1.29 is 56.6 Å². The lowest BCUT2D eigenvalue weighted by molar-refractivity contribution is -0.152. The van der Waals surface area contributed by atoms with E-state index in [1.165, 1.54) is 41.4 Å². The number of esters is 1. The van der Waals surface area contributed by atoms with Crippen molar-refractivity contribution in [1.82, 2.24) is 19.3 Å². The number of nitrogens with one attached hydrogen (secondary N) is 2. The number of fused-ring (bicyclic) bond motifs is 2. The second-order valence-electron chi connectivity index (χ2n) is 14.3. The van der Waals surface area contributed by atoms with Crippen molar-refractivity contribution in [1.29, 1.82) is 5.41 Å². The Morgan fingerprint density at radius 2 is 1.84 bits per heavy atom. The molecule has 4 aromatic rings. The van der Waals surface area contributed by atoms with Crippen molar-refractivity contribution in [3.63, 3.8) is 0 Å². The molecule has 5 N–H and O–H groups in total. The quantitative estimate of drug-likeness (QED) is 0.0512. The number of carbonyl (C=O) groups is 1. The molecule has 1 aliphatic carbocycles. The van der Waals surface area contributed by atoms with Crippen LogP contribution >= 0.6 is 15.6 Å². The van der Waals surface area contributed by atoms with Crippen LogP contribution in [-0.2, 0) is 49.3 Å². The number of hydrogen-bond donors (Lipinski definition) is 5. The van der Waals surface area contributed by atoms with Crippen molar-refractivity contribution in [3.05, 3.63) is 96.4 Å². The molecule has 0 spiro atoms. The Labute approximate surface area is 329 Å². The van der Waals surface area contributed by atoms with Gasteiger partial charge in [0.2, 0.25) is 0 Å². The predicted molar refractivity (Wildman–Crippen MR) is 208 cm³/mol. The van der Waals surface area contributed by atoms with Crippen LogP contribution in [0.25, 0.3) is 16.3 Å². The van der Waals surface area contributed by atoms with E-state index in [9.17, 15) is 29.0 Å². The fourth-order valence-electron chi connectivity index (χ4n) is 6.86. The van der Waals surface area contributed by atoms with Gasteiger partial charge in [0.25, 0.3) is 0 Å². The lowest BCUT2D eigenvalue weighted by Crippen LogP contribution is -2.40. The summed E-state index contributed by atoms with van der Waals surface area (Å²) in [4.78, 5) is 23.3. The van der Waals surface area contributed by atoms with Gasteiger partial charge >= 0.3 is 21.5 Å². The molecule has 2 aliphatic rings. The Balaban J connectivity index is 1.19. The van der Waals surface area contributed by atoms with Crippen LogP contribution in [0.5, 0.6) is 5.75 Å². The second-order valence-corrected chi connectivity index (χ2v) is 17.5. The molecule has 2 fully saturated rings. The summed E-state index contributed by atoms with van der Waals surface area (Å²) in [5.41, 5.74) is -0.679. The van der Waals surface area contributed by atoms with Crippen LogP contribution in [0.2, 0.25) is 0 Å². The number of aromatic nitrogens is 3. The van der Waals surface area contributed by atoms with Gasteiger partial charge in [-0.25, -0.2) is 13.6 Å². The topological polar surface area (TPSA) is 225 Å². The highest BCUT2D eigenvalue weighted by molar-refractivity contribution is 7.52. The van der Waals surface area contributed by atoms with Crippen LogP contribution in [0.15, 0.2) is 85.2 Å². The van der Waals surface area contributed by atoms with Crippen molar-refractivity contribution in [2.45, 2.75) is 95.7 Å². The van der Waals surface area contributed by atoms with Crippen LogP contribution in [0.1, 0.15) is 58.6 Å². The number of rotatable bonds is 17. The SMILES string of the molecule is C=C/C=C(\C)COP(=O)(O)OCn1cnn2c([C@]3(C)O[C@H](COP(=O)(N[C@@H](C)C(=O)OC4CCCCC4)Oc4cccc5ccccc45)[C@@H](O)[C@H]3O)ccc2c1=N. The molecule has 17 nitrogen and oxygen atoms in total. The van der Waals surface area contributed by atoms with E-state index in [2.05, 4.69) is 16.8 Å². The lowest BCUT2D eigenvalue weighted by Gasteiger charge is -2.28. The minimum absolute atomic E-state index is 0.163. The van der Waals surface area contributed by atoms with Gasteiger partial charge in [-0.15, -0.1) is 0 Å². The summed E-state index contributed by atoms with van der Waals surface area (Å²) in [6, 6.07) is 14.5. The van der Waals surface area contributed by atoms with E-state index in [0.717, 1.165) is 37.5 Å². The first kappa shape index (κ1) is 42.6. The first-order valence-electron chi connectivity index (χ1n) is 18.6. The molecule has 2 aromatic carbocycles. The minimum Gasteiger partial charge on any atom is -0.461 e. The number of nitrogens with zero attached hydrogens (tertiary/aromatic N) is 3. The number of aliphatic hydroxyl groups excluding tert-OH is 2. The zero-order chi connectivity index (χ0) is 41.0. The molecule has 2 unspecified atom stereocenters. The molecule has 57 heavy (non-hydrogen) atoms. The lowest BCUT2D eigenvalue weighted by atomic mass is 9.93. The van der Waals surface area contributed by atoms with Crippen LogP contribution in [0, 0.1) is 5.41 Å². The van der Waals surface area contributed by atoms with E-state index in [4.69, 9.17) is 33.0 Å². The van der Waals surface area contributed by atoms with Crippen molar-refractivity contribution >= 4 is 37.8 Å². The standard InChI is InChI=1S/C38H49N5O12P2/c1-5-12-25(2)21-51-57(48,49)52-24-42-23-40-43-30(36(42)39)19-20-33(43)38(4)35(45)34(44)32(54-38)22-50-56(47,41-26(3)37(46)53-28-15-7-6-8-16-28)55-31-18-11-14-27-13-9-10-17-29(27)31/h5,9-14,17-20,23,26,28,32,34-35,39,44-45H,1,6-8,15-16,21-22,24H2,2-4H3,(H,41,47)(H,48,49)/b25-12+,39-36?/t26-,32+,34+,35+,38-,56?/m0/s1. The number of phosphoric ester groups is 1. The molecule has 308 valence electrons. The summed E-state index contributed by atoms with van der Waals surface area (Å²) in [5.74, 6) is -0.397. The Morgan fingerprint density at radius 3 is 2.60 bits per heavy atom. The molecule has 19 heteroatoms. The maximum Gasteiger partial charge on any atom is 0.474 e. The average Bonchev–Trinajstić information content (AvgIpc) is 3.73. The number of hydrogen-bond acceptors (Lipinski definition) is 13. The first-order valence-corrected chi connectivity index (χ1v) is 21.6. The van der Waals surface area contributed by atoms with Gasteiger partial charge in [0.15, 0.2) is 5.49 Å². The molecule has 3 heterocycles. The fourth-order valence-corrected chi connectivity index (χ4v) is 9.10. The summed E-state index contributed by atoms with van der Waals surface area (Å²) in [6.45, 7) is 7.02. The number of allylic oxidation sites excluding steroid dienone is 2. The third kappa shape index (κ3) is 9.83. The zero-order valence-electron chi connectivity index (χ0n) is 31.9. The highest BCUT2D eigenvalue weighted by Crippen LogP contribution is 2.49. The number of benzene rings is 2. The van der Waals surface area contributed by atoms with Crippen LogP contribution in [0.4, 0.5) is 0 Å². The Morgan fingerprint density at radius 1 is 1.11 bits per heavy atom. The van der Waals surface area contributed by atoms with Crippen LogP contribution in [-0.4, -0.2) is 78.9 Å². The van der Waals surface area contributed by atoms with Gasteiger partial charge < -0.3 is 29.1 Å².